The zero-order valence-corrected chi connectivity index (χ0v) is 14.2. The van der Waals surface area contributed by atoms with E-state index in [0.29, 0.717) is 12.6 Å². The topological polar surface area (TPSA) is 66.3 Å². The Bertz CT molecular complexity index is 526. The van der Waals surface area contributed by atoms with Gasteiger partial charge in [-0.2, -0.15) is 0 Å². The largest absolute Gasteiger partial charge is 0.508 e. The molecule has 0 atom stereocenters. The van der Waals surface area contributed by atoms with Crippen LogP contribution in [0.5, 0.6) is 11.5 Å². The van der Waals surface area contributed by atoms with Crippen molar-refractivity contribution in [3.63, 3.8) is 0 Å². The number of nitrogens with zero attached hydrogens (tertiary/aromatic N) is 2. The molecule has 0 bridgehead atoms. The molecule has 0 amide bonds. The normalized spacial score (nSPS) is 16.5. The summed E-state index contributed by atoms with van der Waals surface area (Å²) in [6.07, 6.45) is 2.38. The van der Waals surface area contributed by atoms with E-state index in [0.717, 1.165) is 49.8 Å². The fourth-order valence-electron chi connectivity index (χ4n) is 2.81. The summed E-state index contributed by atoms with van der Waals surface area (Å²) in [4.78, 5) is 6.58. The first-order chi connectivity index (χ1) is 11.2. The van der Waals surface area contributed by atoms with E-state index in [1.54, 1.807) is 26.3 Å². The lowest BCUT2D eigenvalue weighted by Crippen LogP contribution is -2.46. The van der Waals surface area contributed by atoms with Gasteiger partial charge in [0, 0.05) is 38.9 Å². The molecule has 1 fully saturated rings. The molecule has 1 aromatic rings. The molecule has 1 saturated heterocycles. The van der Waals surface area contributed by atoms with E-state index >= 15 is 0 Å². The van der Waals surface area contributed by atoms with Crippen molar-refractivity contribution in [2.24, 2.45) is 4.99 Å². The second-order valence-corrected chi connectivity index (χ2v) is 5.54. The lowest BCUT2D eigenvalue weighted by atomic mass is 10.1. The van der Waals surface area contributed by atoms with Gasteiger partial charge in [0.15, 0.2) is 5.96 Å². The zero-order chi connectivity index (χ0) is 16.7. The number of methoxy groups -OCH3 is 1. The first-order valence-corrected chi connectivity index (χ1v) is 8.11. The Labute approximate surface area is 138 Å². The maximum absolute atomic E-state index is 9.95. The van der Waals surface area contributed by atoms with Gasteiger partial charge in [-0.25, -0.2) is 0 Å². The van der Waals surface area contributed by atoms with Crippen LogP contribution in [0.3, 0.4) is 0 Å². The zero-order valence-electron chi connectivity index (χ0n) is 14.2. The predicted molar refractivity (Wildman–Crippen MR) is 91.1 cm³/mol. The van der Waals surface area contributed by atoms with Crippen LogP contribution in [-0.4, -0.2) is 55.9 Å². The van der Waals surface area contributed by atoms with Gasteiger partial charge < -0.3 is 24.8 Å². The maximum atomic E-state index is 9.95. The molecular weight excluding hydrogens is 294 g/mol. The van der Waals surface area contributed by atoms with E-state index in [1.807, 2.05) is 13.0 Å². The summed E-state index contributed by atoms with van der Waals surface area (Å²) < 4.78 is 10.9. The van der Waals surface area contributed by atoms with Gasteiger partial charge in [0.2, 0.25) is 0 Å². The average Bonchev–Trinajstić information content (AvgIpc) is 2.58. The number of nitrogens with one attached hydrogen (secondary N) is 1. The third-order valence-electron chi connectivity index (χ3n) is 4.08. The number of benzene rings is 1. The molecule has 0 radical (unpaired) electrons. The SMILES string of the molecule is CCOC1CCN(C(=NC)NCc2cc(OC)ccc2O)CC1. The Kier molecular flexibility index (Phi) is 6.52. The number of likely N-dealkylation sites (tertiary alicyclic amines) is 1. The molecule has 0 aromatic heterocycles. The van der Waals surface area contributed by atoms with E-state index in [4.69, 9.17) is 9.47 Å². The number of phenolic OH excluding ortho intramolecular Hbond substituents is 1. The average molecular weight is 321 g/mol. The van der Waals surface area contributed by atoms with Crippen molar-refractivity contribution in [2.75, 3.05) is 33.9 Å². The van der Waals surface area contributed by atoms with E-state index in [9.17, 15) is 5.11 Å². The first-order valence-electron chi connectivity index (χ1n) is 8.11. The molecule has 23 heavy (non-hydrogen) atoms. The van der Waals surface area contributed by atoms with Crippen molar-refractivity contribution < 1.29 is 14.6 Å². The Morgan fingerprint density at radius 2 is 2.13 bits per heavy atom. The lowest BCUT2D eigenvalue weighted by Gasteiger charge is -2.34. The number of hydrogen-bond donors (Lipinski definition) is 2. The van der Waals surface area contributed by atoms with E-state index in [2.05, 4.69) is 15.2 Å². The molecule has 1 aliphatic rings. The molecular formula is C17H27N3O3. The fourth-order valence-corrected chi connectivity index (χ4v) is 2.81. The molecule has 0 spiro atoms. The van der Waals surface area contributed by atoms with Gasteiger partial charge in [-0.3, -0.25) is 4.99 Å². The van der Waals surface area contributed by atoms with Crippen molar-refractivity contribution >= 4 is 5.96 Å². The van der Waals surface area contributed by atoms with Gasteiger partial charge in [0.05, 0.1) is 13.2 Å². The van der Waals surface area contributed by atoms with Crippen LogP contribution in [0.25, 0.3) is 0 Å². The van der Waals surface area contributed by atoms with Crippen LogP contribution in [-0.2, 0) is 11.3 Å². The number of rotatable bonds is 5. The van der Waals surface area contributed by atoms with Crippen LogP contribution >= 0.6 is 0 Å². The highest BCUT2D eigenvalue weighted by molar-refractivity contribution is 5.80. The predicted octanol–water partition coefficient (Wildman–Crippen LogP) is 1.98. The van der Waals surface area contributed by atoms with Crippen LogP contribution in [0, 0.1) is 0 Å². The quantitative estimate of drug-likeness (QED) is 0.641. The summed E-state index contributed by atoms with van der Waals surface area (Å²) >= 11 is 0. The molecule has 1 aromatic carbocycles. The Hall–Kier alpha value is -1.95. The van der Waals surface area contributed by atoms with Gasteiger partial charge in [0.1, 0.15) is 11.5 Å². The highest BCUT2D eigenvalue weighted by Crippen LogP contribution is 2.22. The molecule has 2 N–H and O–H groups in total. The minimum atomic E-state index is 0.254. The summed E-state index contributed by atoms with van der Waals surface area (Å²) in [6.45, 7) is 5.16. The number of guanidine groups is 1. The van der Waals surface area contributed by atoms with Crippen molar-refractivity contribution in [1.82, 2.24) is 10.2 Å². The second-order valence-electron chi connectivity index (χ2n) is 5.54. The fraction of sp³-hybridized carbons (Fsp3) is 0.588. The first kappa shape index (κ1) is 17.4. The molecule has 6 heteroatoms. The summed E-state index contributed by atoms with van der Waals surface area (Å²) in [7, 11) is 3.40. The smallest absolute Gasteiger partial charge is 0.193 e. The minimum absolute atomic E-state index is 0.254. The molecule has 1 aliphatic heterocycles. The summed E-state index contributed by atoms with van der Waals surface area (Å²) in [5.74, 6) is 1.83. The third-order valence-corrected chi connectivity index (χ3v) is 4.08. The monoisotopic (exact) mass is 321 g/mol. The number of hydrogen-bond acceptors (Lipinski definition) is 4. The number of piperidine rings is 1. The highest BCUT2D eigenvalue weighted by atomic mass is 16.5. The number of aromatic hydroxyl groups is 1. The van der Waals surface area contributed by atoms with Crippen LogP contribution < -0.4 is 10.1 Å². The van der Waals surface area contributed by atoms with Crippen molar-refractivity contribution in [3.8, 4) is 11.5 Å². The van der Waals surface area contributed by atoms with Gasteiger partial charge in [0.25, 0.3) is 0 Å². The van der Waals surface area contributed by atoms with Crippen molar-refractivity contribution in [1.29, 1.82) is 0 Å². The standard InChI is InChI=1S/C17H27N3O3/c1-4-23-14-7-9-20(10-8-14)17(18-2)19-12-13-11-15(22-3)5-6-16(13)21/h5-6,11,14,21H,4,7-10,12H2,1-3H3,(H,18,19). The number of ether oxygens (including phenoxy) is 2. The van der Waals surface area contributed by atoms with Gasteiger partial charge >= 0.3 is 0 Å². The summed E-state index contributed by atoms with van der Waals surface area (Å²) in [6, 6.07) is 5.22. The number of aliphatic imine (C=N–C) groups is 1. The highest BCUT2D eigenvalue weighted by Gasteiger charge is 2.21. The van der Waals surface area contributed by atoms with E-state index < -0.39 is 0 Å². The third kappa shape index (κ3) is 4.76. The Morgan fingerprint density at radius 1 is 1.39 bits per heavy atom. The van der Waals surface area contributed by atoms with Crippen molar-refractivity contribution in [2.45, 2.75) is 32.4 Å². The van der Waals surface area contributed by atoms with Gasteiger partial charge in [-0.05, 0) is 38.0 Å². The van der Waals surface area contributed by atoms with Gasteiger partial charge in [-0.15, -0.1) is 0 Å². The minimum Gasteiger partial charge on any atom is -0.508 e. The molecule has 0 saturated carbocycles. The van der Waals surface area contributed by atoms with Crippen molar-refractivity contribution in [3.05, 3.63) is 23.8 Å². The Balaban J connectivity index is 1.91. The van der Waals surface area contributed by atoms with Crippen LogP contribution in [0.4, 0.5) is 0 Å². The summed E-state index contributed by atoms with van der Waals surface area (Å²) in [5, 5.41) is 13.3. The van der Waals surface area contributed by atoms with Gasteiger partial charge in [-0.1, -0.05) is 0 Å². The molecule has 6 nitrogen and oxygen atoms in total. The molecule has 2 rings (SSSR count). The molecule has 0 aliphatic carbocycles. The maximum Gasteiger partial charge on any atom is 0.193 e. The molecule has 0 unspecified atom stereocenters. The Morgan fingerprint density at radius 3 is 2.74 bits per heavy atom. The van der Waals surface area contributed by atoms with E-state index in [1.165, 1.54) is 0 Å². The number of phenols is 1. The second kappa shape index (κ2) is 8.62. The molecule has 1 heterocycles. The molecule has 128 valence electrons. The lowest BCUT2D eigenvalue weighted by molar-refractivity contribution is 0.0263. The van der Waals surface area contributed by atoms with E-state index in [-0.39, 0.29) is 5.75 Å². The summed E-state index contributed by atoms with van der Waals surface area (Å²) in [5.41, 5.74) is 0.787. The van der Waals surface area contributed by atoms with Crippen LogP contribution in [0.2, 0.25) is 0 Å². The van der Waals surface area contributed by atoms with Crippen LogP contribution in [0.15, 0.2) is 23.2 Å². The van der Waals surface area contributed by atoms with Crippen LogP contribution in [0.1, 0.15) is 25.3 Å².